The van der Waals surface area contributed by atoms with Crippen molar-refractivity contribution in [3.8, 4) is 0 Å². The van der Waals surface area contributed by atoms with Gasteiger partial charge in [-0.1, -0.05) is 24.3 Å². The number of hydrogen-bond acceptors (Lipinski definition) is 2. The van der Waals surface area contributed by atoms with Gasteiger partial charge >= 0.3 is 6.03 Å². The number of piperidine rings is 1. The fourth-order valence-corrected chi connectivity index (χ4v) is 4.59. The van der Waals surface area contributed by atoms with E-state index in [0.29, 0.717) is 18.4 Å². The fraction of sp³-hybridized carbons (Fsp3) is 0.304. The SMILES string of the molecule is C=CCN(C(=O)Nc1ccc(F)cc1F)[C@H]1C[C@@H](C)N2C(=O)c3ccccc3[C@@H]2C1. The van der Waals surface area contributed by atoms with Gasteiger partial charge in [0, 0.05) is 30.3 Å². The zero-order chi connectivity index (χ0) is 21.4. The Morgan fingerprint density at radius 2 is 2.03 bits per heavy atom. The summed E-state index contributed by atoms with van der Waals surface area (Å²) in [4.78, 5) is 29.3. The van der Waals surface area contributed by atoms with Crippen molar-refractivity contribution in [2.45, 2.75) is 37.9 Å². The van der Waals surface area contributed by atoms with Crippen molar-refractivity contribution in [1.29, 1.82) is 0 Å². The van der Waals surface area contributed by atoms with Crippen molar-refractivity contribution < 1.29 is 18.4 Å². The lowest BCUT2D eigenvalue weighted by molar-refractivity contribution is 0.0393. The number of benzene rings is 2. The van der Waals surface area contributed by atoms with E-state index in [2.05, 4.69) is 11.9 Å². The van der Waals surface area contributed by atoms with Gasteiger partial charge < -0.3 is 15.1 Å². The molecule has 0 unspecified atom stereocenters. The minimum atomic E-state index is -0.833. The predicted molar refractivity (Wildman–Crippen MR) is 110 cm³/mol. The molecule has 5 nitrogen and oxygen atoms in total. The summed E-state index contributed by atoms with van der Waals surface area (Å²) in [6.07, 6.45) is 2.80. The van der Waals surface area contributed by atoms with E-state index in [1.807, 2.05) is 36.1 Å². The maximum absolute atomic E-state index is 14.0. The summed E-state index contributed by atoms with van der Waals surface area (Å²) >= 11 is 0. The van der Waals surface area contributed by atoms with Crippen LogP contribution in [0.3, 0.4) is 0 Å². The van der Waals surface area contributed by atoms with Gasteiger partial charge in [-0.15, -0.1) is 6.58 Å². The summed E-state index contributed by atoms with van der Waals surface area (Å²) in [7, 11) is 0. The Morgan fingerprint density at radius 1 is 1.27 bits per heavy atom. The van der Waals surface area contributed by atoms with E-state index in [4.69, 9.17) is 0 Å². The molecule has 0 radical (unpaired) electrons. The highest BCUT2D eigenvalue weighted by Crippen LogP contribution is 2.43. The first kappa shape index (κ1) is 20.1. The molecule has 1 N–H and O–H groups in total. The van der Waals surface area contributed by atoms with Crippen LogP contribution in [-0.2, 0) is 0 Å². The van der Waals surface area contributed by atoms with Crippen LogP contribution in [0.1, 0.15) is 41.7 Å². The van der Waals surface area contributed by atoms with Crippen molar-refractivity contribution in [1.82, 2.24) is 9.80 Å². The van der Waals surface area contributed by atoms with Crippen molar-refractivity contribution in [3.05, 3.63) is 77.9 Å². The largest absolute Gasteiger partial charge is 0.329 e. The lowest BCUT2D eigenvalue weighted by Gasteiger charge is -2.44. The first-order chi connectivity index (χ1) is 14.4. The number of hydrogen-bond donors (Lipinski definition) is 1. The molecule has 7 heteroatoms. The number of rotatable bonds is 4. The average molecular weight is 411 g/mol. The number of anilines is 1. The Balaban J connectivity index is 1.58. The van der Waals surface area contributed by atoms with Gasteiger partial charge in [-0.05, 0) is 43.5 Å². The van der Waals surface area contributed by atoms with Gasteiger partial charge in [-0.2, -0.15) is 0 Å². The summed E-state index contributed by atoms with van der Waals surface area (Å²) in [6.45, 7) is 5.99. The number of carbonyl (C=O) groups excluding carboxylic acids is 2. The summed E-state index contributed by atoms with van der Waals surface area (Å²) < 4.78 is 27.2. The van der Waals surface area contributed by atoms with Crippen LogP contribution in [0.25, 0.3) is 0 Å². The van der Waals surface area contributed by atoms with Gasteiger partial charge in [0.15, 0.2) is 0 Å². The third-order valence-electron chi connectivity index (χ3n) is 5.90. The molecule has 2 aromatic rings. The average Bonchev–Trinajstić information content (AvgIpc) is 3.01. The van der Waals surface area contributed by atoms with Gasteiger partial charge in [-0.3, -0.25) is 4.79 Å². The first-order valence-corrected chi connectivity index (χ1v) is 9.96. The van der Waals surface area contributed by atoms with Gasteiger partial charge in [-0.25, -0.2) is 13.6 Å². The van der Waals surface area contributed by atoms with E-state index in [0.717, 1.165) is 17.7 Å². The smallest absolute Gasteiger partial charge is 0.322 e. The fourth-order valence-electron chi connectivity index (χ4n) is 4.59. The molecule has 2 heterocycles. The van der Waals surface area contributed by atoms with Gasteiger partial charge in [0.25, 0.3) is 5.91 Å². The Morgan fingerprint density at radius 3 is 2.77 bits per heavy atom. The highest BCUT2D eigenvalue weighted by atomic mass is 19.1. The van der Waals surface area contributed by atoms with E-state index >= 15 is 0 Å². The number of carbonyl (C=O) groups is 2. The number of nitrogens with one attached hydrogen (secondary N) is 1. The normalized spacial score (nSPS) is 22.3. The molecule has 2 aliphatic heterocycles. The lowest BCUT2D eigenvalue weighted by atomic mass is 9.89. The summed E-state index contributed by atoms with van der Waals surface area (Å²) in [5.74, 6) is -1.52. The molecule has 0 spiro atoms. The molecular formula is C23H23F2N3O2. The van der Waals surface area contributed by atoms with Crippen molar-refractivity contribution in [2.24, 2.45) is 0 Å². The van der Waals surface area contributed by atoms with Crippen LogP contribution in [0.5, 0.6) is 0 Å². The molecule has 4 rings (SSSR count). The molecule has 30 heavy (non-hydrogen) atoms. The van der Waals surface area contributed by atoms with Crippen LogP contribution >= 0.6 is 0 Å². The maximum Gasteiger partial charge on any atom is 0.322 e. The van der Waals surface area contributed by atoms with Crippen LogP contribution in [0.15, 0.2) is 55.1 Å². The number of fused-ring (bicyclic) bond motifs is 3. The van der Waals surface area contributed by atoms with E-state index in [9.17, 15) is 18.4 Å². The standard InChI is InChI=1S/C23H23F2N3O2/c1-3-10-27(23(30)26-20-9-8-15(24)12-19(20)25)16-11-14(2)28-21(13-16)17-6-4-5-7-18(17)22(28)29/h3-9,12,14,16,21H,1,10-11,13H2,2H3,(H,26,30)/t14-,16+,21+/m1/s1. The Kier molecular flexibility index (Phi) is 5.28. The summed E-state index contributed by atoms with van der Waals surface area (Å²) in [5.41, 5.74) is 1.60. The van der Waals surface area contributed by atoms with E-state index in [1.54, 1.807) is 11.0 Å². The molecule has 1 saturated heterocycles. The molecule has 2 aromatic carbocycles. The van der Waals surface area contributed by atoms with E-state index in [-0.39, 0.29) is 36.3 Å². The molecule has 156 valence electrons. The lowest BCUT2D eigenvalue weighted by Crippen LogP contribution is -2.52. The van der Waals surface area contributed by atoms with Crippen LogP contribution in [0, 0.1) is 11.6 Å². The van der Waals surface area contributed by atoms with Gasteiger partial charge in [0.2, 0.25) is 0 Å². The minimum absolute atomic E-state index is 0.0228. The van der Waals surface area contributed by atoms with Gasteiger partial charge in [0.1, 0.15) is 11.6 Å². The molecule has 3 amide bonds. The van der Waals surface area contributed by atoms with Crippen LogP contribution in [0.2, 0.25) is 0 Å². The second kappa shape index (κ2) is 7.89. The first-order valence-electron chi connectivity index (χ1n) is 9.96. The van der Waals surface area contributed by atoms with Gasteiger partial charge in [0.05, 0.1) is 11.7 Å². The summed E-state index contributed by atoms with van der Waals surface area (Å²) in [6, 6.07) is 9.77. The minimum Gasteiger partial charge on any atom is -0.329 e. The van der Waals surface area contributed by atoms with E-state index in [1.165, 1.54) is 6.07 Å². The molecule has 0 aliphatic carbocycles. The topological polar surface area (TPSA) is 52.7 Å². The molecule has 2 aliphatic rings. The molecule has 0 aromatic heterocycles. The third-order valence-corrected chi connectivity index (χ3v) is 5.90. The Hall–Kier alpha value is -3.22. The zero-order valence-corrected chi connectivity index (χ0v) is 16.6. The summed E-state index contributed by atoms with van der Waals surface area (Å²) in [5, 5.41) is 2.54. The molecular weight excluding hydrogens is 388 g/mol. The number of halogens is 2. The molecule has 0 bridgehead atoms. The van der Waals surface area contributed by atoms with E-state index < -0.39 is 17.7 Å². The monoisotopic (exact) mass is 411 g/mol. The zero-order valence-electron chi connectivity index (χ0n) is 16.6. The Labute approximate surface area is 174 Å². The number of nitrogens with zero attached hydrogens (tertiary/aromatic N) is 2. The molecule has 3 atom stereocenters. The quantitative estimate of drug-likeness (QED) is 0.740. The van der Waals surface area contributed by atoms with Crippen LogP contribution in [-0.4, -0.2) is 40.4 Å². The number of amides is 3. The van der Waals surface area contributed by atoms with Crippen molar-refractivity contribution in [2.75, 3.05) is 11.9 Å². The molecule has 1 fully saturated rings. The predicted octanol–water partition coefficient (Wildman–Crippen LogP) is 4.73. The maximum atomic E-state index is 14.0. The second-order valence-corrected chi connectivity index (χ2v) is 7.79. The second-order valence-electron chi connectivity index (χ2n) is 7.79. The number of urea groups is 1. The van der Waals surface area contributed by atoms with Crippen LogP contribution in [0.4, 0.5) is 19.3 Å². The Bertz CT molecular complexity index is 1010. The van der Waals surface area contributed by atoms with Crippen molar-refractivity contribution >= 4 is 17.6 Å². The molecule has 0 saturated carbocycles. The highest BCUT2D eigenvalue weighted by Gasteiger charge is 2.45. The van der Waals surface area contributed by atoms with Crippen LogP contribution < -0.4 is 5.32 Å². The third kappa shape index (κ3) is 3.44. The van der Waals surface area contributed by atoms with Crippen molar-refractivity contribution in [3.63, 3.8) is 0 Å². The highest BCUT2D eigenvalue weighted by molar-refractivity contribution is 5.99.